The van der Waals surface area contributed by atoms with E-state index in [2.05, 4.69) is 0 Å². The molecule has 0 fully saturated rings. The molecule has 0 saturated heterocycles. The molecule has 0 aromatic rings. The highest BCUT2D eigenvalue weighted by Crippen LogP contribution is 2.52. The Bertz CT molecular complexity index is 273. The summed E-state index contributed by atoms with van der Waals surface area (Å²) in [6, 6.07) is 0. The minimum absolute atomic E-state index is 0.382. The Kier molecular flexibility index (Phi) is 4.97. The van der Waals surface area contributed by atoms with Crippen molar-refractivity contribution in [1.29, 1.82) is 0 Å². The normalized spacial score (nSPS) is 15.0. The summed E-state index contributed by atoms with van der Waals surface area (Å²) in [6.45, 7) is -0.645. The number of rotatable bonds is 7. The summed E-state index contributed by atoms with van der Waals surface area (Å²) in [5, 5.41) is 15.8. The van der Waals surface area contributed by atoms with E-state index in [0.29, 0.717) is 0 Å². The SMILES string of the molecule is OCCCCC(F)(F)C(F)(F)C(F)(F)C(O)(F)F. The summed E-state index contributed by atoms with van der Waals surface area (Å²) in [4.78, 5) is 0. The van der Waals surface area contributed by atoms with Gasteiger partial charge in [-0.15, -0.1) is 0 Å². The molecule has 110 valence electrons. The van der Waals surface area contributed by atoms with Gasteiger partial charge >= 0.3 is 23.9 Å². The van der Waals surface area contributed by atoms with Crippen LogP contribution in [0.5, 0.6) is 0 Å². The predicted octanol–water partition coefficient (Wildman–Crippen LogP) is 2.64. The van der Waals surface area contributed by atoms with Crippen molar-refractivity contribution in [2.24, 2.45) is 0 Å². The van der Waals surface area contributed by atoms with Crippen molar-refractivity contribution in [1.82, 2.24) is 0 Å². The van der Waals surface area contributed by atoms with Crippen LogP contribution < -0.4 is 0 Å². The smallest absolute Gasteiger partial charge is 0.396 e. The van der Waals surface area contributed by atoms with E-state index in [9.17, 15) is 35.1 Å². The zero-order chi connectivity index (χ0) is 14.8. The molecular formula is C8H10F8O2. The molecule has 2 N–H and O–H groups in total. The Labute approximate surface area is 96.2 Å². The van der Waals surface area contributed by atoms with Gasteiger partial charge in [-0.25, -0.2) is 0 Å². The van der Waals surface area contributed by atoms with Crippen LogP contribution in [0.25, 0.3) is 0 Å². The molecule has 10 heteroatoms. The summed E-state index contributed by atoms with van der Waals surface area (Å²) >= 11 is 0. The summed E-state index contributed by atoms with van der Waals surface area (Å²) in [5.41, 5.74) is 0. The summed E-state index contributed by atoms with van der Waals surface area (Å²) in [7, 11) is 0. The van der Waals surface area contributed by atoms with E-state index in [-0.39, 0.29) is 6.42 Å². The van der Waals surface area contributed by atoms with E-state index in [0.717, 1.165) is 0 Å². The number of hydrogen-bond donors (Lipinski definition) is 2. The molecule has 0 unspecified atom stereocenters. The van der Waals surface area contributed by atoms with Crippen LogP contribution in [0.15, 0.2) is 0 Å². The van der Waals surface area contributed by atoms with Gasteiger partial charge in [-0.3, -0.25) is 0 Å². The van der Waals surface area contributed by atoms with Crippen molar-refractivity contribution in [2.45, 2.75) is 43.1 Å². The summed E-state index contributed by atoms with van der Waals surface area (Å²) < 4.78 is 99.6. The lowest BCUT2D eigenvalue weighted by Gasteiger charge is -2.34. The lowest BCUT2D eigenvalue weighted by Crippen LogP contribution is -2.62. The molecule has 0 atom stereocenters. The van der Waals surface area contributed by atoms with E-state index in [1.807, 2.05) is 0 Å². The van der Waals surface area contributed by atoms with E-state index in [4.69, 9.17) is 10.2 Å². The van der Waals surface area contributed by atoms with Crippen LogP contribution in [-0.2, 0) is 0 Å². The van der Waals surface area contributed by atoms with Crippen LogP contribution in [0.2, 0.25) is 0 Å². The third-order valence-corrected chi connectivity index (χ3v) is 2.13. The van der Waals surface area contributed by atoms with Gasteiger partial charge in [0.1, 0.15) is 0 Å². The quantitative estimate of drug-likeness (QED) is 0.559. The minimum atomic E-state index is -6.61. The fraction of sp³-hybridized carbons (Fsp3) is 1.00. The zero-order valence-electron chi connectivity index (χ0n) is 8.75. The molecule has 0 bridgehead atoms. The first-order valence-electron chi connectivity index (χ1n) is 4.66. The van der Waals surface area contributed by atoms with Gasteiger partial charge < -0.3 is 10.2 Å². The standard InChI is InChI=1S/C8H10F8O2/c9-5(10,3-1-2-4-17)6(11,12)7(13,14)8(15,16)18/h17-18H,1-4H2. The molecule has 0 radical (unpaired) electrons. The molecule has 0 saturated carbocycles. The van der Waals surface area contributed by atoms with Crippen LogP contribution in [0.3, 0.4) is 0 Å². The molecule has 0 rings (SSSR count). The van der Waals surface area contributed by atoms with Gasteiger partial charge in [0.25, 0.3) is 0 Å². The maximum Gasteiger partial charge on any atom is 0.423 e. The van der Waals surface area contributed by atoms with Gasteiger partial charge in [0.2, 0.25) is 0 Å². The van der Waals surface area contributed by atoms with Gasteiger partial charge in [-0.1, -0.05) is 0 Å². The number of hydrogen-bond acceptors (Lipinski definition) is 2. The van der Waals surface area contributed by atoms with E-state index >= 15 is 0 Å². The lowest BCUT2D eigenvalue weighted by atomic mass is 9.98. The highest BCUT2D eigenvalue weighted by atomic mass is 19.4. The second-order valence-electron chi connectivity index (χ2n) is 3.58. The monoisotopic (exact) mass is 290 g/mol. The largest absolute Gasteiger partial charge is 0.423 e. The summed E-state index contributed by atoms with van der Waals surface area (Å²) in [6.07, 6.45) is -9.26. The topological polar surface area (TPSA) is 40.5 Å². The average Bonchev–Trinajstić information content (AvgIpc) is 2.15. The van der Waals surface area contributed by atoms with Crippen LogP contribution in [0, 0.1) is 0 Å². The fourth-order valence-corrected chi connectivity index (χ4v) is 1.03. The summed E-state index contributed by atoms with van der Waals surface area (Å²) in [5.74, 6) is -18.5. The maximum absolute atomic E-state index is 12.8. The molecule has 0 spiro atoms. The van der Waals surface area contributed by atoms with Gasteiger partial charge in [-0.05, 0) is 12.8 Å². The highest BCUT2D eigenvalue weighted by Gasteiger charge is 2.80. The molecule has 18 heavy (non-hydrogen) atoms. The first-order chi connectivity index (χ1) is 7.81. The first-order valence-corrected chi connectivity index (χ1v) is 4.66. The molecule has 2 nitrogen and oxygen atoms in total. The molecule has 0 aliphatic rings. The average molecular weight is 290 g/mol. The van der Waals surface area contributed by atoms with Crippen LogP contribution >= 0.6 is 0 Å². The van der Waals surface area contributed by atoms with Crippen molar-refractivity contribution < 1.29 is 45.3 Å². The van der Waals surface area contributed by atoms with Crippen LogP contribution in [-0.4, -0.2) is 40.7 Å². The fourth-order valence-electron chi connectivity index (χ4n) is 1.03. The second-order valence-corrected chi connectivity index (χ2v) is 3.58. The minimum Gasteiger partial charge on any atom is -0.396 e. The predicted molar refractivity (Wildman–Crippen MR) is 42.9 cm³/mol. The maximum atomic E-state index is 12.8. The Morgan fingerprint density at radius 2 is 1.17 bits per heavy atom. The van der Waals surface area contributed by atoms with Crippen LogP contribution in [0.4, 0.5) is 35.1 Å². The van der Waals surface area contributed by atoms with E-state index in [1.165, 1.54) is 0 Å². The van der Waals surface area contributed by atoms with Gasteiger partial charge in [0.05, 0.1) is 0 Å². The molecule has 0 heterocycles. The molecule has 0 aliphatic carbocycles. The van der Waals surface area contributed by atoms with Gasteiger partial charge in [0.15, 0.2) is 0 Å². The van der Waals surface area contributed by atoms with E-state index < -0.39 is 43.3 Å². The zero-order valence-corrected chi connectivity index (χ0v) is 8.75. The number of halogens is 8. The van der Waals surface area contributed by atoms with Crippen molar-refractivity contribution in [2.75, 3.05) is 6.61 Å². The molecule has 0 aromatic heterocycles. The number of unbranched alkanes of at least 4 members (excludes halogenated alkanes) is 1. The Morgan fingerprint density at radius 1 is 0.722 bits per heavy atom. The van der Waals surface area contributed by atoms with Gasteiger partial charge in [-0.2, -0.15) is 35.1 Å². The Morgan fingerprint density at radius 3 is 1.50 bits per heavy atom. The number of aliphatic hydroxyl groups is 2. The van der Waals surface area contributed by atoms with E-state index in [1.54, 1.807) is 0 Å². The first kappa shape index (κ1) is 17.4. The van der Waals surface area contributed by atoms with Gasteiger partial charge in [0, 0.05) is 13.0 Å². The third kappa shape index (κ3) is 3.02. The Balaban J connectivity index is 5.11. The number of aliphatic hydroxyl groups excluding tert-OH is 1. The molecule has 0 amide bonds. The molecule has 0 aromatic carbocycles. The van der Waals surface area contributed by atoms with Crippen molar-refractivity contribution in [3.8, 4) is 0 Å². The lowest BCUT2D eigenvalue weighted by molar-refractivity contribution is -0.417. The van der Waals surface area contributed by atoms with Crippen LogP contribution in [0.1, 0.15) is 19.3 Å². The van der Waals surface area contributed by atoms with Crippen molar-refractivity contribution >= 4 is 0 Å². The van der Waals surface area contributed by atoms with Crippen molar-refractivity contribution in [3.63, 3.8) is 0 Å². The van der Waals surface area contributed by atoms with Crippen molar-refractivity contribution in [3.05, 3.63) is 0 Å². The Hall–Kier alpha value is -0.640. The molecule has 0 aliphatic heterocycles. The second kappa shape index (κ2) is 5.16. The number of alkyl halides is 8. The highest BCUT2D eigenvalue weighted by molar-refractivity contribution is 4.99. The molecular weight excluding hydrogens is 280 g/mol. The third-order valence-electron chi connectivity index (χ3n) is 2.13.